The van der Waals surface area contributed by atoms with Crippen LogP contribution in [0.15, 0.2) is 24.4 Å². The fraction of sp³-hybridized carbons (Fsp3) is 0.357. The zero-order valence-electron chi connectivity index (χ0n) is 10.7. The van der Waals surface area contributed by atoms with Crippen LogP contribution in [0.2, 0.25) is 0 Å². The highest BCUT2D eigenvalue weighted by Gasteiger charge is 2.08. The van der Waals surface area contributed by atoms with Gasteiger partial charge in [-0.2, -0.15) is 0 Å². The topological polar surface area (TPSA) is 31.4 Å². The summed E-state index contributed by atoms with van der Waals surface area (Å²) in [5.41, 5.74) is 2.02. The number of pyridine rings is 1. The number of aryl methyl sites for hydroxylation is 1. The average molecular weight is 231 g/mol. The number of fused-ring (bicyclic) bond motifs is 1. The van der Waals surface area contributed by atoms with Crippen LogP contribution in [0.3, 0.4) is 0 Å². The summed E-state index contributed by atoms with van der Waals surface area (Å²) in [6.07, 6.45) is 1.91. The Labute approximate surface area is 101 Å². The summed E-state index contributed by atoms with van der Waals surface area (Å²) in [7, 11) is 1.66. The van der Waals surface area contributed by atoms with Crippen LogP contribution in [-0.4, -0.2) is 18.2 Å². The van der Waals surface area contributed by atoms with Crippen molar-refractivity contribution < 1.29 is 9.47 Å². The summed E-state index contributed by atoms with van der Waals surface area (Å²) in [5, 5.41) is 0.983. The van der Waals surface area contributed by atoms with Gasteiger partial charge in [0, 0.05) is 11.6 Å². The maximum Gasteiger partial charge on any atom is 0.129 e. The Balaban J connectivity index is 2.60. The molecule has 17 heavy (non-hydrogen) atoms. The average Bonchev–Trinajstić information content (AvgIpc) is 2.28. The molecule has 0 N–H and O–H groups in total. The van der Waals surface area contributed by atoms with Crippen molar-refractivity contribution >= 4 is 10.9 Å². The van der Waals surface area contributed by atoms with E-state index >= 15 is 0 Å². The van der Waals surface area contributed by atoms with Gasteiger partial charge in [-0.05, 0) is 44.5 Å². The minimum atomic E-state index is 0.161. The van der Waals surface area contributed by atoms with Crippen molar-refractivity contribution in [3.63, 3.8) is 0 Å². The van der Waals surface area contributed by atoms with E-state index in [9.17, 15) is 0 Å². The van der Waals surface area contributed by atoms with Crippen molar-refractivity contribution in [3.05, 3.63) is 30.0 Å². The molecule has 0 aliphatic rings. The van der Waals surface area contributed by atoms with Gasteiger partial charge in [0.25, 0.3) is 0 Å². The quantitative estimate of drug-likeness (QED) is 0.811. The van der Waals surface area contributed by atoms with E-state index in [2.05, 4.69) is 4.98 Å². The van der Waals surface area contributed by atoms with E-state index in [0.717, 1.165) is 28.0 Å². The fourth-order valence-corrected chi connectivity index (χ4v) is 1.81. The molecule has 0 saturated carbocycles. The predicted octanol–water partition coefficient (Wildman–Crippen LogP) is 3.34. The highest BCUT2D eigenvalue weighted by molar-refractivity contribution is 5.87. The van der Waals surface area contributed by atoms with Crippen LogP contribution in [0.25, 0.3) is 10.9 Å². The molecular formula is C14H17NO2. The Bertz CT molecular complexity index is 535. The lowest BCUT2D eigenvalue weighted by atomic mass is 10.1. The number of nitrogens with zero attached hydrogens (tertiary/aromatic N) is 1. The van der Waals surface area contributed by atoms with Gasteiger partial charge in [-0.25, -0.2) is 0 Å². The van der Waals surface area contributed by atoms with Crippen molar-refractivity contribution in [2.24, 2.45) is 0 Å². The molecule has 0 fully saturated rings. The Kier molecular flexibility index (Phi) is 3.18. The highest BCUT2D eigenvalue weighted by atomic mass is 16.5. The number of hydrogen-bond donors (Lipinski definition) is 0. The first kappa shape index (κ1) is 11.7. The van der Waals surface area contributed by atoms with Crippen LogP contribution < -0.4 is 9.47 Å². The smallest absolute Gasteiger partial charge is 0.129 e. The number of hydrogen-bond acceptors (Lipinski definition) is 3. The van der Waals surface area contributed by atoms with E-state index in [4.69, 9.17) is 9.47 Å². The van der Waals surface area contributed by atoms with E-state index in [-0.39, 0.29) is 6.10 Å². The van der Waals surface area contributed by atoms with E-state index in [1.165, 1.54) is 0 Å². The first-order chi connectivity index (χ1) is 8.11. The molecule has 1 aromatic carbocycles. The van der Waals surface area contributed by atoms with Crippen LogP contribution in [0, 0.1) is 6.92 Å². The van der Waals surface area contributed by atoms with Gasteiger partial charge in [0.2, 0.25) is 0 Å². The zero-order valence-corrected chi connectivity index (χ0v) is 10.7. The third-order valence-corrected chi connectivity index (χ3v) is 2.58. The molecule has 0 spiro atoms. The molecule has 0 aliphatic carbocycles. The van der Waals surface area contributed by atoms with Crippen LogP contribution in [0.1, 0.15) is 19.4 Å². The van der Waals surface area contributed by atoms with Crippen molar-refractivity contribution in [1.29, 1.82) is 0 Å². The Morgan fingerprint density at radius 1 is 1.18 bits per heavy atom. The second-order valence-electron chi connectivity index (χ2n) is 4.31. The molecular weight excluding hydrogens is 214 g/mol. The van der Waals surface area contributed by atoms with Crippen LogP contribution in [-0.2, 0) is 0 Å². The van der Waals surface area contributed by atoms with E-state index in [0.29, 0.717) is 0 Å². The van der Waals surface area contributed by atoms with Gasteiger partial charge >= 0.3 is 0 Å². The Morgan fingerprint density at radius 3 is 2.59 bits per heavy atom. The van der Waals surface area contributed by atoms with Crippen molar-refractivity contribution in [3.8, 4) is 11.5 Å². The Hall–Kier alpha value is -1.77. The second-order valence-corrected chi connectivity index (χ2v) is 4.31. The highest BCUT2D eigenvalue weighted by Crippen LogP contribution is 2.30. The molecule has 1 aromatic heterocycles. The van der Waals surface area contributed by atoms with Gasteiger partial charge in [-0.1, -0.05) is 0 Å². The summed E-state index contributed by atoms with van der Waals surface area (Å²) in [4.78, 5) is 4.34. The SMILES string of the molecule is COc1ccnc2cc(C)c(OC(C)C)cc12. The lowest BCUT2D eigenvalue weighted by Crippen LogP contribution is -2.06. The van der Waals surface area contributed by atoms with Crippen molar-refractivity contribution in [2.75, 3.05) is 7.11 Å². The number of benzene rings is 1. The predicted molar refractivity (Wildman–Crippen MR) is 68.8 cm³/mol. The molecule has 2 aromatic rings. The van der Waals surface area contributed by atoms with Gasteiger partial charge in [0.05, 0.1) is 18.7 Å². The van der Waals surface area contributed by atoms with Gasteiger partial charge in [0.15, 0.2) is 0 Å². The molecule has 0 amide bonds. The molecule has 1 heterocycles. The van der Waals surface area contributed by atoms with Gasteiger partial charge < -0.3 is 9.47 Å². The third kappa shape index (κ3) is 2.33. The van der Waals surface area contributed by atoms with Crippen LogP contribution >= 0.6 is 0 Å². The fourth-order valence-electron chi connectivity index (χ4n) is 1.81. The summed E-state index contributed by atoms with van der Waals surface area (Å²) in [6, 6.07) is 5.88. The summed E-state index contributed by atoms with van der Waals surface area (Å²) < 4.78 is 11.1. The Morgan fingerprint density at radius 2 is 1.94 bits per heavy atom. The standard InChI is InChI=1S/C14H17NO2/c1-9(2)17-14-8-11-12(7-10(14)3)15-6-5-13(11)16-4/h5-9H,1-4H3. The lowest BCUT2D eigenvalue weighted by molar-refractivity contribution is 0.241. The summed E-state index contributed by atoms with van der Waals surface area (Å²) in [6.45, 7) is 6.06. The molecule has 3 nitrogen and oxygen atoms in total. The number of rotatable bonds is 3. The molecule has 3 heteroatoms. The molecule has 0 bridgehead atoms. The monoisotopic (exact) mass is 231 g/mol. The maximum absolute atomic E-state index is 5.77. The van der Waals surface area contributed by atoms with Crippen LogP contribution in [0.5, 0.6) is 11.5 Å². The molecule has 0 radical (unpaired) electrons. The summed E-state index contributed by atoms with van der Waals surface area (Å²) >= 11 is 0. The number of ether oxygens (including phenoxy) is 2. The molecule has 2 rings (SSSR count). The molecule has 0 unspecified atom stereocenters. The second kappa shape index (κ2) is 4.62. The largest absolute Gasteiger partial charge is 0.496 e. The van der Waals surface area contributed by atoms with Gasteiger partial charge in [-0.15, -0.1) is 0 Å². The van der Waals surface area contributed by atoms with Crippen molar-refractivity contribution in [1.82, 2.24) is 4.98 Å². The molecule has 90 valence electrons. The number of methoxy groups -OCH3 is 1. The minimum Gasteiger partial charge on any atom is -0.496 e. The summed E-state index contributed by atoms with van der Waals surface area (Å²) in [5.74, 6) is 1.71. The minimum absolute atomic E-state index is 0.161. The zero-order chi connectivity index (χ0) is 12.4. The van der Waals surface area contributed by atoms with Gasteiger partial charge in [-0.3, -0.25) is 4.98 Å². The van der Waals surface area contributed by atoms with E-state index < -0.39 is 0 Å². The third-order valence-electron chi connectivity index (χ3n) is 2.58. The van der Waals surface area contributed by atoms with Crippen molar-refractivity contribution in [2.45, 2.75) is 26.9 Å². The first-order valence-electron chi connectivity index (χ1n) is 5.72. The first-order valence-corrected chi connectivity index (χ1v) is 5.72. The van der Waals surface area contributed by atoms with Crippen LogP contribution in [0.4, 0.5) is 0 Å². The molecule has 0 saturated heterocycles. The molecule has 0 atom stereocenters. The van der Waals surface area contributed by atoms with E-state index in [1.54, 1.807) is 13.3 Å². The number of aromatic nitrogens is 1. The van der Waals surface area contributed by atoms with Gasteiger partial charge in [0.1, 0.15) is 11.5 Å². The lowest BCUT2D eigenvalue weighted by Gasteiger charge is -2.14. The maximum atomic E-state index is 5.77. The van der Waals surface area contributed by atoms with E-state index in [1.807, 2.05) is 39.0 Å². The normalized spacial score (nSPS) is 10.9. The molecule has 0 aliphatic heterocycles.